The van der Waals surface area contributed by atoms with E-state index in [1.807, 2.05) is 45.0 Å². The smallest absolute Gasteiger partial charge is 0.230 e. The normalized spacial score (nSPS) is 11.0. The summed E-state index contributed by atoms with van der Waals surface area (Å²) in [6, 6.07) is 9.38. The Morgan fingerprint density at radius 1 is 1.22 bits per heavy atom. The topological polar surface area (TPSA) is 55.1 Å². The number of fused-ring (bicyclic) bond motifs is 1. The van der Waals surface area contributed by atoms with Crippen molar-refractivity contribution in [1.29, 1.82) is 0 Å². The Bertz CT molecular complexity index is 899. The van der Waals surface area contributed by atoms with Crippen LogP contribution in [-0.4, -0.2) is 11.1 Å². The van der Waals surface area contributed by atoms with Crippen molar-refractivity contribution in [2.24, 2.45) is 0 Å². The van der Waals surface area contributed by atoms with Gasteiger partial charge in [0.2, 0.25) is 5.91 Å². The fourth-order valence-electron chi connectivity index (χ4n) is 2.46. The van der Waals surface area contributed by atoms with Gasteiger partial charge in [-0.15, -0.1) is 0 Å². The molecule has 0 aliphatic carbocycles. The van der Waals surface area contributed by atoms with Gasteiger partial charge in [0.1, 0.15) is 5.69 Å². The Balaban J connectivity index is 1.83. The average molecular weight is 329 g/mol. The molecule has 2 aromatic carbocycles. The summed E-state index contributed by atoms with van der Waals surface area (Å²) in [6.45, 7) is 5.92. The van der Waals surface area contributed by atoms with Crippen LogP contribution in [0.4, 0.5) is 5.69 Å². The van der Waals surface area contributed by atoms with Crippen LogP contribution in [0.5, 0.6) is 0 Å². The molecule has 0 unspecified atom stereocenters. The molecule has 0 saturated heterocycles. The van der Waals surface area contributed by atoms with Crippen molar-refractivity contribution in [3.8, 4) is 0 Å². The number of rotatable bonds is 3. The van der Waals surface area contributed by atoms with Gasteiger partial charge >= 0.3 is 0 Å². The first-order valence-electron chi connectivity index (χ1n) is 7.36. The van der Waals surface area contributed by atoms with Crippen LogP contribution >= 0.6 is 11.6 Å². The molecule has 3 rings (SSSR count). The molecule has 0 bridgehead atoms. The van der Waals surface area contributed by atoms with E-state index in [4.69, 9.17) is 16.1 Å². The molecule has 23 heavy (non-hydrogen) atoms. The SMILES string of the molecule is Cc1cc2onc(CC(=O)Nc3cccc(Cl)c3C)c2cc1C. The molecule has 1 N–H and O–H groups in total. The van der Waals surface area contributed by atoms with Gasteiger partial charge in [-0.3, -0.25) is 4.79 Å². The van der Waals surface area contributed by atoms with Crippen molar-refractivity contribution in [2.45, 2.75) is 27.2 Å². The molecule has 5 heteroatoms. The van der Waals surface area contributed by atoms with E-state index in [9.17, 15) is 4.79 Å². The fraction of sp³-hybridized carbons (Fsp3) is 0.222. The second-order valence-corrected chi connectivity index (χ2v) is 6.11. The van der Waals surface area contributed by atoms with E-state index < -0.39 is 0 Å². The molecule has 0 fully saturated rings. The van der Waals surface area contributed by atoms with Gasteiger partial charge in [-0.05, 0) is 61.7 Å². The molecule has 1 heterocycles. The molecule has 1 amide bonds. The van der Waals surface area contributed by atoms with Crippen LogP contribution in [0.15, 0.2) is 34.9 Å². The van der Waals surface area contributed by atoms with Crippen molar-refractivity contribution >= 4 is 34.2 Å². The predicted octanol–water partition coefficient (Wildman–Crippen LogP) is 4.59. The number of aryl methyl sites for hydroxylation is 2. The number of aromatic nitrogens is 1. The summed E-state index contributed by atoms with van der Waals surface area (Å²) >= 11 is 6.07. The maximum Gasteiger partial charge on any atom is 0.230 e. The van der Waals surface area contributed by atoms with Gasteiger partial charge < -0.3 is 9.84 Å². The zero-order chi connectivity index (χ0) is 16.6. The van der Waals surface area contributed by atoms with Gasteiger partial charge in [0, 0.05) is 16.1 Å². The quantitative estimate of drug-likeness (QED) is 0.765. The highest BCUT2D eigenvalue weighted by atomic mass is 35.5. The molecule has 0 spiro atoms. The number of nitrogens with one attached hydrogen (secondary N) is 1. The Labute approximate surface area is 139 Å². The third kappa shape index (κ3) is 3.08. The highest BCUT2D eigenvalue weighted by Gasteiger charge is 2.14. The van der Waals surface area contributed by atoms with Crippen LogP contribution < -0.4 is 5.32 Å². The average Bonchev–Trinajstić information content (AvgIpc) is 2.86. The van der Waals surface area contributed by atoms with Crippen LogP contribution in [0.25, 0.3) is 11.0 Å². The van der Waals surface area contributed by atoms with Gasteiger partial charge in [0.05, 0.1) is 6.42 Å². The largest absolute Gasteiger partial charge is 0.356 e. The predicted molar refractivity (Wildman–Crippen MR) is 92.0 cm³/mol. The zero-order valence-corrected chi connectivity index (χ0v) is 14.0. The maximum absolute atomic E-state index is 12.3. The van der Waals surface area contributed by atoms with E-state index in [-0.39, 0.29) is 12.3 Å². The Kier molecular flexibility index (Phi) is 4.09. The summed E-state index contributed by atoms with van der Waals surface area (Å²) in [4.78, 5) is 12.3. The minimum Gasteiger partial charge on any atom is -0.356 e. The van der Waals surface area contributed by atoms with E-state index in [0.29, 0.717) is 22.0 Å². The first-order valence-corrected chi connectivity index (χ1v) is 7.74. The van der Waals surface area contributed by atoms with Gasteiger partial charge in [-0.2, -0.15) is 0 Å². The lowest BCUT2D eigenvalue weighted by Gasteiger charge is -2.08. The van der Waals surface area contributed by atoms with Gasteiger partial charge in [0.15, 0.2) is 5.58 Å². The number of carbonyl (C=O) groups excluding carboxylic acids is 1. The molecule has 0 aliphatic heterocycles. The Hall–Kier alpha value is -2.33. The van der Waals surface area contributed by atoms with Crippen LogP contribution in [0.2, 0.25) is 5.02 Å². The number of nitrogens with zero attached hydrogens (tertiary/aromatic N) is 1. The molecule has 0 atom stereocenters. The van der Waals surface area contributed by atoms with Crippen LogP contribution in [0, 0.1) is 20.8 Å². The molecule has 0 aliphatic rings. The molecule has 3 aromatic rings. The monoisotopic (exact) mass is 328 g/mol. The van der Waals surface area contributed by atoms with Crippen molar-refractivity contribution in [3.63, 3.8) is 0 Å². The van der Waals surface area contributed by atoms with Gasteiger partial charge in [-0.1, -0.05) is 22.8 Å². The maximum atomic E-state index is 12.3. The summed E-state index contributed by atoms with van der Waals surface area (Å²) in [5.41, 5.74) is 5.18. The molecule has 4 nitrogen and oxygen atoms in total. The van der Waals surface area contributed by atoms with Crippen LogP contribution in [-0.2, 0) is 11.2 Å². The molecule has 118 valence electrons. The zero-order valence-electron chi connectivity index (χ0n) is 13.2. The molecular weight excluding hydrogens is 312 g/mol. The van der Waals surface area contributed by atoms with E-state index in [1.165, 1.54) is 0 Å². The summed E-state index contributed by atoms with van der Waals surface area (Å²) < 4.78 is 5.33. The van der Waals surface area contributed by atoms with Crippen molar-refractivity contribution in [2.75, 3.05) is 5.32 Å². The summed E-state index contributed by atoms with van der Waals surface area (Å²) in [5.74, 6) is -0.149. The van der Waals surface area contributed by atoms with Crippen molar-refractivity contribution < 1.29 is 9.32 Å². The highest BCUT2D eigenvalue weighted by Crippen LogP contribution is 2.25. The van der Waals surface area contributed by atoms with E-state index in [0.717, 1.165) is 22.1 Å². The fourth-order valence-corrected chi connectivity index (χ4v) is 2.64. The summed E-state index contributed by atoms with van der Waals surface area (Å²) in [6.07, 6.45) is 0.154. The van der Waals surface area contributed by atoms with Crippen molar-refractivity contribution in [3.05, 3.63) is 57.7 Å². The van der Waals surface area contributed by atoms with Gasteiger partial charge in [-0.25, -0.2) is 0 Å². The summed E-state index contributed by atoms with van der Waals surface area (Å²) in [5, 5.41) is 8.42. The minimum atomic E-state index is -0.149. The van der Waals surface area contributed by atoms with Crippen molar-refractivity contribution in [1.82, 2.24) is 5.16 Å². The number of halogens is 1. The number of amides is 1. The molecule has 1 aromatic heterocycles. The third-order valence-electron chi connectivity index (χ3n) is 4.03. The molecule has 0 radical (unpaired) electrons. The highest BCUT2D eigenvalue weighted by molar-refractivity contribution is 6.31. The number of hydrogen-bond acceptors (Lipinski definition) is 3. The number of carbonyl (C=O) groups is 1. The second kappa shape index (κ2) is 6.05. The van der Waals surface area contributed by atoms with Crippen LogP contribution in [0.1, 0.15) is 22.4 Å². The Morgan fingerprint density at radius 3 is 2.74 bits per heavy atom. The lowest BCUT2D eigenvalue weighted by atomic mass is 10.1. The lowest BCUT2D eigenvalue weighted by molar-refractivity contribution is -0.115. The van der Waals surface area contributed by atoms with E-state index in [1.54, 1.807) is 6.07 Å². The number of hydrogen-bond donors (Lipinski definition) is 1. The first kappa shape index (κ1) is 15.6. The number of anilines is 1. The second-order valence-electron chi connectivity index (χ2n) is 5.70. The van der Waals surface area contributed by atoms with E-state index in [2.05, 4.69) is 10.5 Å². The molecule has 0 saturated carbocycles. The lowest BCUT2D eigenvalue weighted by Crippen LogP contribution is -2.15. The Morgan fingerprint density at radius 2 is 1.96 bits per heavy atom. The first-order chi connectivity index (χ1) is 11.0. The number of benzene rings is 2. The summed E-state index contributed by atoms with van der Waals surface area (Å²) in [7, 11) is 0. The van der Waals surface area contributed by atoms with E-state index >= 15 is 0 Å². The third-order valence-corrected chi connectivity index (χ3v) is 4.44. The minimum absolute atomic E-state index is 0.149. The van der Waals surface area contributed by atoms with Crippen LogP contribution in [0.3, 0.4) is 0 Å². The van der Waals surface area contributed by atoms with Gasteiger partial charge in [0.25, 0.3) is 0 Å². The standard InChI is InChI=1S/C18H17ClN2O2/c1-10-7-13-16(21-23-17(13)8-11(10)2)9-18(22)20-15-6-4-5-14(19)12(15)3/h4-8H,9H2,1-3H3,(H,20,22). The molecular formula is C18H17ClN2O2.